The number of primary amides is 3. The number of thioether (sulfide) groups is 1. The molecule has 1 aliphatic rings. The lowest BCUT2D eigenvalue weighted by molar-refractivity contribution is -0.142. The molecule has 410 valence electrons. The van der Waals surface area contributed by atoms with E-state index in [0.717, 1.165) is 0 Å². The second-order valence-corrected chi connectivity index (χ2v) is 18.5. The minimum atomic E-state index is -1.77. The fraction of sp³-hybridized carbons (Fsp3) is 0.489. The van der Waals surface area contributed by atoms with Crippen LogP contribution in [0, 0.1) is 0 Å². The molecular weight excluding hydrogens is 999 g/mol. The summed E-state index contributed by atoms with van der Waals surface area (Å²) in [5.74, 6) is -9.43. The number of phenols is 1. The lowest BCUT2D eigenvalue weighted by Gasteiger charge is -2.31. The maximum absolute atomic E-state index is 14.3. The summed E-state index contributed by atoms with van der Waals surface area (Å²) in [7, 11) is 0. The normalized spacial score (nSPS) is 15.2. The molecule has 0 unspecified atom stereocenters. The Hall–Kier alpha value is -8.01. The number of aromatic hydroxyl groups is 1. The van der Waals surface area contributed by atoms with E-state index in [2.05, 4.69) is 42.2 Å². The van der Waals surface area contributed by atoms with Crippen LogP contribution in [-0.2, 0) is 65.6 Å². The average molecular weight is 1070 g/mol. The molecule has 1 aliphatic heterocycles. The van der Waals surface area contributed by atoms with E-state index in [-0.39, 0.29) is 63.3 Å². The Labute approximate surface area is 436 Å². The van der Waals surface area contributed by atoms with Crippen LogP contribution in [0.2, 0.25) is 0 Å². The predicted octanol–water partition coefficient (Wildman–Crippen LogP) is -5.42. The average Bonchev–Trinajstić information content (AvgIpc) is 3.86. The van der Waals surface area contributed by atoms with Gasteiger partial charge in [0.2, 0.25) is 65.0 Å². The van der Waals surface area contributed by atoms with Crippen LogP contribution in [0.4, 0.5) is 0 Å². The summed E-state index contributed by atoms with van der Waals surface area (Å²) in [4.78, 5) is 151. The summed E-state index contributed by atoms with van der Waals surface area (Å²) in [5.41, 5.74) is 33.6. The van der Waals surface area contributed by atoms with Gasteiger partial charge in [0.05, 0.1) is 19.5 Å². The second kappa shape index (κ2) is 31.6. The molecule has 0 bridgehead atoms. The van der Waals surface area contributed by atoms with E-state index in [4.69, 9.17) is 34.4 Å². The quantitative estimate of drug-likeness (QED) is 0.0185. The van der Waals surface area contributed by atoms with Crippen LogP contribution in [0.1, 0.15) is 62.5 Å². The third-order valence-electron chi connectivity index (χ3n) is 11.6. The highest BCUT2D eigenvalue weighted by Gasteiger charge is 2.40. The number of rotatable bonds is 32. The van der Waals surface area contributed by atoms with E-state index in [0.29, 0.717) is 23.3 Å². The van der Waals surface area contributed by atoms with Gasteiger partial charge in [-0.2, -0.15) is 11.8 Å². The molecule has 2 aromatic rings. The molecule has 1 fully saturated rings. The van der Waals surface area contributed by atoms with Gasteiger partial charge in [0.15, 0.2) is 5.96 Å². The Morgan fingerprint density at radius 2 is 1.21 bits per heavy atom. The van der Waals surface area contributed by atoms with Gasteiger partial charge >= 0.3 is 0 Å². The van der Waals surface area contributed by atoms with Crippen LogP contribution in [0.3, 0.4) is 0 Å². The molecule has 2 aromatic carbocycles. The molecule has 0 aliphatic carbocycles. The molecule has 0 radical (unpaired) electrons. The summed E-state index contributed by atoms with van der Waals surface area (Å²) in [6.45, 7) is -0.798. The number of hydrogen-bond donors (Lipinski definition) is 14. The third-order valence-corrected chi connectivity index (χ3v) is 12.2. The van der Waals surface area contributed by atoms with Gasteiger partial charge in [0.1, 0.15) is 48.0 Å². The van der Waals surface area contributed by atoms with Gasteiger partial charge in [-0.3, -0.25) is 57.7 Å². The molecule has 28 heteroatoms. The number of phenolic OH excluding ortho intramolecular Hbond substituents is 1. The molecule has 20 N–H and O–H groups in total. The zero-order valence-electron chi connectivity index (χ0n) is 41.5. The van der Waals surface area contributed by atoms with Gasteiger partial charge in [0, 0.05) is 32.4 Å². The zero-order chi connectivity index (χ0) is 55.6. The van der Waals surface area contributed by atoms with Gasteiger partial charge < -0.3 is 81.6 Å². The highest BCUT2D eigenvalue weighted by atomic mass is 32.2. The molecule has 1 heterocycles. The standard InChI is InChI=1S/C47H69N15O12S/c1-75-20-17-31(46(74)62-19-6-10-35(62)45(73)58-29(9-5-18-54-47(52)53)40(68)55-25-38(51)66)59-44(72)34(23-37(50)65)61-41(69)30(15-16-36(49)64)57-43(71)33(21-26-7-3-2-4-8-26)60-42(70)32(56-39(67)24-48)22-27-11-13-28(63)14-12-27/h2-4,7-8,11-14,29-35,63H,5-6,9-10,15-25,48H2,1H3,(H2,49,64)(H2,50,65)(H2,51,66)(H,55,68)(H,56,67)(H,57,71)(H,58,73)(H,59,72)(H,60,70)(H,61,69)(H4,52,53,54)/t29-,30-,31-,32-,33-,34-,35-/m0/s1. The summed E-state index contributed by atoms with van der Waals surface area (Å²) in [6, 6.07) is 4.48. The van der Waals surface area contributed by atoms with E-state index in [1.165, 1.54) is 40.9 Å². The lowest BCUT2D eigenvalue weighted by Crippen LogP contribution is -2.60. The fourth-order valence-electron chi connectivity index (χ4n) is 7.78. The third kappa shape index (κ3) is 21.9. The SMILES string of the molecule is CSCC[C@H](NC(=O)[C@H](CC(N)=O)NC(=O)[C@H](CCC(N)=O)NC(=O)[C@H](Cc1ccccc1)NC(=O)[C@H](Cc1ccc(O)cc1)NC(=O)CN)C(=O)N1CCC[C@H]1C(=O)N[C@@H](CCCN=C(N)N)C(=O)NCC(N)=O. The van der Waals surface area contributed by atoms with Crippen molar-refractivity contribution in [1.82, 2.24) is 42.1 Å². The van der Waals surface area contributed by atoms with Crippen molar-refractivity contribution in [2.75, 3.05) is 38.2 Å². The van der Waals surface area contributed by atoms with Crippen LogP contribution in [0.25, 0.3) is 0 Å². The number of nitrogens with two attached hydrogens (primary N) is 6. The van der Waals surface area contributed by atoms with Crippen LogP contribution in [0.15, 0.2) is 59.6 Å². The molecular formula is C47H69N15O12S. The van der Waals surface area contributed by atoms with Crippen molar-refractivity contribution >= 4 is 82.7 Å². The summed E-state index contributed by atoms with van der Waals surface area (Å²) in [5, 5.41) is 27.4. The lowest BCUT2D eigenvalue weighted by atomic mass is 10.0. The number of carbonyl (C=O) groups excluding carboxylic acids is 11. The van der Waals surface area contributed by atoms with Crippen molar-refractivity contribution in [2.24, 2.45) is 39.4 Å². The van der Waals surface area contributed by atoms with Gasteiger partial charge in [-0.05, 0) is 73.8 Å². The number of aliphatic imine (C=N–C) groups is 1. The number of guanidine groups is 1. The molecule has 75 heavy (non-hydrogen) atoms. The number of nitrogens with zero attached hydrogens (tertiary/aromatic N) is 2. The number of carbonyl (C=O) groups is 11. The van der Waals surface area contributed by atoms with Gasteiger partial charge in [-0.1, -0.05) is 42.5 Å². The second-order valence-electron chi connectivity index (χ2n) is 17.5. The Morgan fingerprint density at radius 3 is 1.80 bits per heavy atom. The highest BCUT2D eigenvalue weighted by Crippen LogP contribution is 2.21. The molecule has 11 amide bonds. The number of amides is 11. The van der Waals surface area contributed by atoms with E-state index in [9.17, 15) is 57.8 Å². The first-order chi connectivity index (χ1) is 35.6. The van der Waals surface area contributed by atoms with Crippen molar-refractivity contribution in [3.8, 4) is 5.75 Å². The molecule has 0 spiro atoms. The Morgan fingerprint density at radius 1 is 0.653 bits per heavy atom. The first kappa shape index (κ1) is 61.3. The minimum Gasteiger partial charge on any atom is -0.508 e. The van der Waals surface area contributed by atoms with E-state index in [1.807, 2.05) is 0 Å². The van der Waals surface area contributed by atoms with E-state index >= 15 is 0 Å². The fourth-order valence-corrected chi connectivity index (χ4v) is 8.25. The van der Waals surface area contributed by atoms with Crippen molar-refractivity contribution in [3.63, 3.8) is 0 Å². The van der Waals surface area contributed by atoms with Crippen molar-refractivity contribution in [3.05, 3.63) is 65.7 Å². The molecule has 0 saturated carbocycles. The summed E-state index contributed by atoms with van der Waals surface area (Å²) < 4.78 is 0. The maximum atomic E-state index is 14.3. The number of likely N-dealkylation sites (tertiary alicyclic amines) is 1. The molecule has 3 rings (SSSR count). The monoisotopic (exact) mass is 1070 g/mol. The number of hydrogen-bond acceptors (Lipinski definition) is 15. The largest absolute Gasteiger partial charge is 0.508 e. The van der Waals surface area contributed by atoms with Crippen LogP contribution in [0.5, 0.6) is 5.75 Å². The van der Waals surface area contributed by atoms with Crippen LogP contribution >= 0.6 is 11.8 Å². The number of nitrogens with one attached hydrogen (secondary N) is 7. The first-order valence-corrected chi connectivity index (χ1v) is 25.3. The predicted molar refractivity (Wildman–Crippen MR) is 275 cm³/mol. The van der Waals surface area contributed by atoms with Gasteiger partial charge in [-0.15, -0.1) is 0 Å². The van der Waals surface area contributed by atoms with Crippen molar-refractivity contribution in [1.29, 1.82) is 0 Å². The van der Waals surface area contributed by atoms with Gasteiger partial charge in [0.25, 0.3) is 0 Å². The zero-order valence-corrected chi connectivity index (χ0v) is 42.4. The molecule has 1 saturated heterocycles. The van der Waals surface area contributed by atoms with Crippen molar-refractivity contribution < 1.29 is 57.8 Å². The Bertz CT molecular complexity index is 2360. The van der Waals surface area contributed by atoms with Crippen molar-refractivity contribution in [2.45, 2.75) is 107 Å². The molecule has 27 nitrogen and oxygen atoms in total. The molecule has 7 atom stereocenters. The maximum Gasteiger partial charge on any atom is 0.245 e. The van der Waals surface area contributed by atoms with E-state index in [1.54, 1.807) is 36.6 Å². The van der Waals surface area contributed by atoms with Crippen LogP contribution in [-0.4, -0.2) is 161 Å². The number of benzene rings is 2. The smallest absolute Gasteiger partial charge is 0.245 e. The topological polar surface area (TPSA) is 464 Å². The van der Waals surface area contributed by atoms with Crippen LogP contribution < -0.4 is 71.6 Å². The summed E-state index contributed by atoms with van der Waals surface area (Å²) >= 11 is 1.33. The van der Waals surface area contributed by atoms with E-state index < -0.39 is 140 Å². The minimum absolute atomic E-state index is 0.00821. The highest BCUT2D eigenvalue weighted by molar-refractivity contribution is 7.98. The Balaban J connectivity index is 1.89. The Kier molecular flexibility index (Phi) is 25.8. The summed E-state index contributed by atoms with van der Waals surface area (Å²) in [6.07, 6.45) is 0.605. The van der Waals surface area contributed by atoms with Gasteiger partial charge in [-0.25, -0.2) is 0 Å². The molecule has 0 aromatic heterocycles. The first-order valence-electron chi connectivity index (χ1n) is 23.9.